The SMILES string of the molecule is CNCCc1ccc(COc2cccc(COC)c2)cc1. The average molecular weight is 285 g/mol. The van der Waals surface area contributed by atoms with Crippen LogP contribution in [0.25, 0.3) is 0 Å². The molecule has 3 nitrogen and oxygen atoms in total. The number of nitrogens with one attached hydrogen (secondary N) is 1. The van der Waals surface area contributed by atoms with Gasteiger partial charge in [-0.05, 0) is 48.8 Å². The van der Waals surface area contributed by atoms with Crippen LogP contribution in [0.4, 0.5) is 0 Å². The van der Waals surface area contributed by atoms with Gasteiger partial charge in [-0.15, -0.1) is 0 Å². The van der Waals surface area contributed by atoms with Gasteiger partial charge in [0.2, 0.25) is 0 Å². The van der Waals surface area contributed by atoms with Crippen LogP contribution < -0.4 is 10.1 Å². The van der Waals surface area contributed by atoms with Crippen molar-refractivity contribution in [2.45, 2.75) is 19.6 Å². The Balaban J connectivity index is 1.88. The van der Waals surface area contributed by atoms with Crippen LogP contribution in [-0.4, -0.2) is 20.7 Å². The van der Waals surface area contributed by atoms with E-state index in [1.807, 2.05) is 31.3 Å². The van der Waals surface area contributed by atoms with E-state index in [0.717, 1.165) is 24.3 Å². The molecule has 0 unspecified atom stereocenters. The van der Waals surface area contributed by atoms with Gasteiger partial charge < -0.3 is 14.8 Å². The van der Waals surface area contributed by atoms with E-state index in [1.165, 1.54) is 11.1 Å². The second-order valence-corrected chi connectivity index (χ2v) is 5.04. The standard InChI is InChI=1S/C18H23NO2/c1-19-11-10-15-6-8-16(9-7-15)14-21-18-5-3-4-17(12-18)13-20-2/h3-9,12,19H,10-11,13-14H2,1-2H3. The summed E-state index contributed by atoms with van der Waals surface area (Å²) in [5.74, 6) is 0.879. The number of likely N-dealkylation sites (N-methyl/N-ethyl adjacent to an activating group) is 1. The molecule has 0 heterocycles. The molecule has 0 radical (unpaired) electrons. The molecular formula is C18H23NO2. The van der Waals surface area contributed by atoms with Crippen molar-refractivity contribution < 1.29 is 9.47 Å². The summed E-state index contributed by atoms with van der Waals surface area (Å²) in [6.07, 6.45) is 1.05. The van der Waals surface area contributed by atoms with Gasteiger partial charge in [-0.2, -0.15) is 0 Å². The Labute approximate surface area is 126 Å². The van der Waals surface area contributed by atoms with E-state index >= 15 is 0 Å². The Bertz CT molecular complexity index is 537. The number of rotatable bonds is 8. The number of hydrogen-bond donors (Lipinski definition) is 1. The monoisotopic (exact) mass is 285 g/mol. The molecule has 0 aliphatic heterocycles. The number of benzene rings is 2. The molecule has 0 amide bonds. The largest absolute Gasteiger partial charge is 0.489 e. The van der Waals surface area contributed by atoms with E-state index in [1.54, 1.807) is 7.11 Å². The zero-order chi connectivity index (χ0) is 14.9. The number of hydrogen-bond acceptors (Lipinski definition) is 3. The topological polar surface area (TPSA) is 30.5 Å². The number of methoxy groups -OCH3 is 1. The summed E-state index contributed by atoms with van der Waals surface area (Å²) in [7, 11) is 3.67. The Hall–Kier alpha value is -1.84. The summed E-state index contributed by atoms with van der Waals surface area (Å²) in [6, 6.07) is 16.6. The Morgan fingerprint density at radius 2 is 1.67 bits per heavy atom. The summed E-state index contributed by atoms with van der Waals surface area (Å²) in [4.78, 5) is 0. The molecule has 0 aromatic heterocycles. The third-order valence-electron chi connectivity index (χ3n) is 3.30. The van der Waals surface area contributed by atoms with Crippen LogP contribution in [0.1, 0.15) is 16.7 Å². The van der Waals surface area contributed by atoms with Gasteiger partial charge in [0.1, 0.15) is 12.4 Å². The molecule has 3 heteroatoms. The maximum atomic E-state index is 5.83. The molecule has 1 N–H and O–H groups in total. The molecule has 21 heavy (non-hydrogen) atoms. The second kappa shape index (κ2) is 8.45. The first-order valence-corrected chi connectivity index (χ1v) is 7.25. The van der Waals surface area contributed by atoms with Crippen molar-refractivity contribution in [3.63, 3.8) is 0 Å². The first-order valence-electron chi connectivity index (χ1n) is 7.25. The molecule has 2 rings (SSSR count). The smallest absolute Gasteiger partial charge is 0.120 e. The summed E-state index contributed by atoms with van der Waals surface area (Å²) >= 11 is 0. The summed E-state index contributed by atoms with van der Waals surface area (Å²) in [5, 5.41) is 3.16. The van der Waals surface area contributed by atoms with Gasteiger partial charge in [0, 0.05) is 7.11 Å². The molecule has 112 valence electrons. The minimum atomic E-state index is 0.586. The summed E-state index contributed by atoms with van der Waals surface area (Å²) in [5.41, 5.74) is 3.65. The van der Waals surface area contributed by atoms with Gasteiger partial charge in [0.15, 0.2) is 0 Å². The van der Waals surface area contributed by atoms with Crippen molar-refractivity contribution in [2.24, 2.45) is 0 Å². The minimum absolute atomic E-state index is 0.586. The molecule has 0 aliphatic carbocycles. The van der Waals surface area contributed by atoms with Gasteiger partial charge >= 0.3 is 0 Å². The van der Waals surface area contributed by atoms with E-state index in [2.05, 4.69) is 29.6 Å². The average Bonchev–Trinajstić information content (AvgIpc) is 2.53. The minimum Gasteiger partial charge on any atom is -0.489 e. The molecule has 2 aromatic carbocycles. The third kappa shape index (κ3) is 5.21. The predicted octanol–water partition coefficient (Wildman–Crippen LogP) is 3.17. The number of ether oxygens (including phenoxy) is 2. The van der Waals surface area contributed by atoms with Crippen LogP contribution in [0, 0.1) is 0 Å². The summed E-state index contributed by atoms with van der Waals surface area (Å²) < 4.78 is 11.0. The lowest BCUT2D eigenvalue weighted by Gasteiger charge is -2.09. The Kier molecular flexibility index (Phi) is 6.25. The molecule has 2 aromatic rings. The maximum absolute atomic E-state index is 5.83. The van der Waals surface area contributed by atoms with Crippen LogP contribution in [0.2, 0.25) is 0 Å². The molecule has 0 atom stereocenters. The predicted molar refractivity (Wildman–Crippen MR) is 85.6 cm³/mol. The van der Waals surface area contributed by atoms with Crippen molar-refractivity contribution >= 4 is 0 Å². The molecular weight excluding hydrogens is 262 g/mol. The fourth-order valence-electron chi connectivity index (χ4n) is 2.13. The van der Waals surface area contributed by atoms with Gasteiger partial charge in [0.25, 0.3) is 0 Å². The molecule has 0 aliphatic rings. The molecule has 0 fully saturated rings. The zero-order valence-corrected chi connectivity index (χ0v) is 12.8. The first-order chi connectivity index (χ1) is 10.3. The van der Waals surface area contributed by atoms with Crippen LogP contribution in [0.15, 0.2) is 48.5 Å². The fourth-order valence-corrected chi connectivity index (χ4v) is 2.13. The molecule has 0 bridgehead atoms. The lowest BCUT2D eigenvalue weighted by atomic mass is 10.1. The van der Waals surface area contributed by atoms with Crippen molar-refractivity contribution in [3.05, 3.63) is 65.2 Å². The van der Waals surface area contributed by atoms with Crippen molar-refractivity contribution in [1.29, 1.82) is 0 Å². The van der Waals surface area contributed by atoms with Gasteiger partial charge in [-0.1, -0.05) is 36.4 Å². The van der Waals surface area contributed by atoms with Crippen LogP contribution in [0.3, 0.4) is 0 Å². The summed E-state index contributed by atoms with van der Waals surface area (Å²) in [6.45, 7) is 2.20. The van der Waals surface area contributed by atoms with Crippen LogP contribution >= 0.6 is 0 Å². The zero-order valence-electron chi connectivity index (χ0n) is 12.8. The van der Waals surface area contributed by atoms with E-state index in [9.17, 15) is 0 Å². The Morgan fingerprint density at radius 3 is 2.38 bits per heavy atom. The fraction of sp³-hybridized carbons (Fsp3) is 0.333. The van der Waals surface area contributed by atoms with Gasteiger partial charge in [0.05, 0.1) is 6.61 Å². The van der Waals surface area contributed by atoms with Crippen LogP contribution in [-0.2, 0) is 24.4 Å². The van der Waals surface area contributed by atoms with E-state index in [4.69, 9.17) is 9.47 Å². The lowest BCUT2D eigenvalue weighted by Crippen LogP contribution is -2.10. The quantitative estimate of drug-likeness (QED) is 0.808. The molecule has 0 saturated carbocycles. The maximum Gasteiger partial charge on any atom is 0.120 e. The van der Waals surface area contributed by atoms with Gasteiger partial charge in [-0.25, -0.2) is 0 Å². The molecule has 0 spiro atoms. The van der Waals surface area contributed by atoms with E-state index < -0.39 is 0 Å². The van der Waals surface area contributed by atoms with E-state index in [-0.39, 0.29) is 0 Å². The van der Waals surface area contributed by atoms with Gasteiger partial charge in [-0.3, -0.25) is 0 Å². The highest BCUT2D eigenvalue weighted by molar-refractivity contribution is 5.29. The lowest BCUT2D eigenvalue weighted by molar-refractivity contribution is 0.184. The van der Waals surface area contributed by atoms with Crippen LogP contribution in [0.5, 0.6) is 5.75 Å². The normalized spacial score (nSPS) is 10.6. The van der Waals surface area contributed by atoms with E-state index in [0.29, 0.717) is 13.2 Å². The highest BCUT2D eigenvalue weighted by Crippen LogP contribution is 2.16. The Morgan fingerprint density at radius 1 is 0.905 bits per heavy atom. The highest BCUT2D eigenvalue weighted by atomic mass is 16.5. The highest BCUT2D eigenvalue weighted by Gasteiger charge is 1.99. The van der Waals surface area contributed by atoms with Crippen molar-refractivity contribution in [1.82, 2.24) is 5.32 Å². The molecule has 0 saturated heterocycles. The van der Waals surface area contributed by atoms with Crippen molar-refractivity contribution in [3.8, 4) is 5.75 Å². The second-order valence-electron chi connectivity index (χ2n) is 5.04. The first kappa shape index (κ1) is 15.5. The third-order valence-corrected chi connectivity index (χ3v) is 3.30. The van der Waals surface area contributed by atoms with Crippen molar-refractivity contribution in [2.75, 3.05) is 20.7 Å².